The summed E-state index contributed by atoms with van der Waals surface area (Å²) in [6, 6.07) is 21.1. The van der Waals surface area contributed by atoms with E-state index in [0.717, 1.165) is 0 Å². The van der Waals surface area contributed by atoms with Crippen molar-refractivity contribution in [3.05, 3.63) is 84.3 Å². The quantitative estimate of drug-likeness (QED) is 0.502. The average molecular weight is 419 g/mol. The smallest absolute Gasteiger partial charge is 0.330 e. The van der Waals surface area contributed by atoms with Gasteiger partial charge >= 0.3 is 5.97 Å². The normalized spacial score (nSPS) is 12.5. The highest BCUT2D eigenvalue weighted by Gasteiger charge is 2.28. The van der Waals surface area contributed by atoms with E-state index >= 15 is 0 Å². The zero-order chi connectivity index (χ0) is 22.2. The molecule has 1 N–H and O–H groups in total. The van der Waals surface area contributed by atoms with Crippen LogP contribution in [0.2, 0.25) is 0 Å². The minimum atomic E-state index is -1.24. The van der Waals surface area contributed by atoms with Crippen LogP contribution in [0.5, 0.6) is 11.6 Å². The standard InChI is InChI=1S/C24H22FN3O3/c1-16(2)23(28-19-12-7-6-11-18(19)25)24(29)31-21(15-26)20-13-8-14-22(27-20)30-17-9-4-3-5-10-17/h3-14,16,21,23,28H,1-2H3. The van der Waals surface area contributed by atoms with E-state index in [1.54, 1.807) is 56.3 Å². The number of pyridine rings is 1. The molecule has 7 heteroatoms. The number of carbonyl (C=O) groups excluding carboxylic acids is 1. The molecule has 0 spiro atoms. The summed E-state index contributed by atoms with van der Waals surface area (Å²) < 4.78 is 25.1. The van der Waals surface area contributed by atoms with Crippen LogP contribution in [-0.4, -0.2) is 17.0 Å². The van der Waals surface area contributed by atoms with E-state index in [-0.39, 0.29) is 23.2 Å². The molecular formula is C24H22FN3O3. The summed E-state index contributed by atoms with van der Waals surface area (Å²) in [5.41, 5.74) is 0.417. The number of halogens is 1. The second-order valence-corrected chi connectivity index (χ2v) is 7.11. The van der Waals surface area contributed by atoms with Gasteiger partial charge in [-0.3, -0.25) is 0 Å². The molecule has 158 valence electrons. The van der Waals surface area contributed by atoms with Crippen LogP contribution in [-0.2, 0) is 9.53 Å². The number of nitrogens with zero attached hydrogens (tertiary/aromatic N) is 2. The van der Waals surface area contributed by atoms with E-state index < -0.39 is 23.9 Å². The van der Waals surface area contributed by atoms with E-state index in [4.69, 9.17) is 9.47 Å². The molecule has 0 fully saturated rings. The molecule has 0 aliphatic rings. The molecule has 1 aromatic heterocycles. The van der Waals surface area contributed by atoms with Crippen LogP contribution >= 0.6 is 0 Å². The number of rotatable bonds is 8. The van der Waals surface area contributed by atoms with Gasteiger partial charge in [-0.25, -0.2) is 14.2 Å². The summed E-state index contributed by atoms with van der Waals surface area (Å²) in [5.74, 6) is -0.519. The first kappa shape index (κ1) is 21.8. The highest BCUT2D eigenvalue weighted by molar-refractivity contribution is 5.80. The third-order valence-electron chi connectivity index (χ3n) is 4.44. The molecule has 0 amide bonds. The topological polar surface area (TPSA) is 84.2 Å². The number of nitrogens with one attached hydrogen (secondary N) is 1. The Kier molecular flexibility index (Phi) is 7.17. The molecule has 0 bridgehead atoms. The lowest BCUT2D eigenvalue weighted by molar-refractivity contribution is -0.149. The maximum absolute atomic E-state index is 14.0. The van der Waals surface area contributed by atoms with E-state index in [1.165, 1.54) is 12.1 Å². The Morgan fingerprint density at radius 2 is 1.74 bits per heavy atom. The van der Waals surface area contributed by atoms with Crippen molar-refractivity contribution in [3.63, 3.8) is 0 Å². The van der Waals surface area contributed by atoms with Gasteiger partial charge in [0.05, 0.1) is 11.4 Å². The first-order valence-electron chi connectivity index (χ1n) is 9.79. The average Bonchev–Trinajstić information content (AvgIpc) is 2.77. The minimum Gasteiger partial charge on any atom is -0.439 e. The molecule has 2 atom stereocenters. The molecule has 31 heavy (non-hydrogen) atoms. The number of anilines is 1. The first-order chi connectivity index (χ1) is 15.0. The van der Waals surface area contributed by atoms with Gasteiger partial charge in [0.1, 0.15) is 23.7 Å². The van der Waals surface area contributed by atoms with Crippen molar-refractivity contribution in [3.8, 4) is 17.7 Å². The number of carbonyl (C=O) groups is 1. The van der Waals surface area contributed by atoms with Gasteiger partial charge in [0.25, 0.3) is 0 Å². The van der Waals surface area contributed by atoms with Crippen molar-refractivity contribution in [2.24, 2.45) is 5.92 Å². The Balaban J connectivity index is 1.74. The highest BCUT2D eigenvalue weighted by Crippen LogP contribution is 2.24. The third kappa shape index (κ3) is 5.80. The van der Waals surface area contributed by atoms with E-state index in [2.05, 4.69) is 10.3 Å². The van der Waals surface area contributed by atoms with Crippen LogP contribution in [0, 0.1) is 23.1 Å². The van der Waals surface area contributed by atoms with Gasteiger partial charge in [-0.15, -0.1) is 0 Å². The summed E-state index contributed by atoms with van der Waals surface area (Å²) >= 11 is 0. The van der Waals surface area contributed by atoms with Crippen molar-refractivity contribution in [2.75, 3.05) is 5.32 Å². The monoisotopic (exact) mass is 419 g/mol. The summed E-state index contributed by atoms with van der Waals surface area (Å²) in [6.07, 6.45) is -1.24. The lowest BCUT2D eigenvalue weighted by atomic mass is 10.0. The van der Waals surface area contributed by atoms with Gasteiger partial charge < -0.3 is 14.8 Å². The molecule has 1 heterocycles. The number of benzene rings is 2. The van der Waals surface area contributed by atoms with Crippen molar-refractivity contribution >= 4 is 11.7 Å². The molecule has 6 nitrogen and oxygen atoms in total. The van der Waals surface area contributed by atoms with Crippen LogP contribution in [0.4, 0.5) is 10.1 Å². The minimum absolute atomic E-state index is 0.183. The van der Waals surface area contributed by atoms with Gasteiger partial charge in [0, 0.05) is 6.07 Å². The number of para-hydroxylation sites is 2. The van der Waals surface area contributed by atoms with E-state index in [0.29, 0.717) is 5.75 Å². The predicted molar refractivity (Wildman–Crippen MR) is 114 cm³/mol. The van der Waals surface area contributed by atoms with Crippen LogP contribution < -0.4 is 10.1 Å². The van der Waals surface area contributed by atoms with E-state index in [9.17, 15) is 14.4 Å². The molecule has 3 rings (SSSR count). The Morgan fingerprint density at radius 1 is 1.03 bits per heavy atom. The van der Waals surface area contributed by atoms with Crippen LogP contribution in [0.1, 0.15) is 25.6 Å². The largest absolute Gasteiger partial charge is 0.439 e. The van der Waals surface area contributed by atoms with Crippen LogP contribution in [0.3, 0.4) is 0 Å². The molecule has 2 unspecified atom stereocenters. The summed E-state index contributed by atoms with van der Waals surface area (Å²) in [4.78, 5) is 17.1. The Hall–Kier alpha value is -3.92. The summed E-state index contributed by atoms with van der Waals surface area (Å²) in [7, 11) is 0. The molecular weight excluding hydrogens is 397 g/mol. The van der Waals surface area contributed by atoms with E-state index in [1.807, 2.05) is 24.3 Å². The van der Waals surface area contributed by atoms with Crippen molar-refractivity contribution in [2.45, 2.75) is 26.0 Å². The fourth-order valence-corrected chi connectivity index (χ4v) is 2.83. The molecule has 0 radical (unpaired) electrons. The predicted octanol–water partition coefficient (Wildman–Crippen LogP) is 5.26. The van der Waals surface area contributed by atoms with Gasteiger partial charge in [-0.2, -0.15) is 5.26 Å². The molecule has 0 saturated carbocycles. The fourth-order valence-electron chi connectivity index (χ4n) is 2.83. The second-order valence-electron chi connectivity index (χ2n) is 7.11. The fraction of sp³-hybridized carbons (Fsp3) is 0.208. The zero-order valence-electron chi connectivity index (χ0n) is 17.2. The lowest BCUT2D eigenvalue weighted by Gasteiger charge is -2.23. The van der Waals surface area contributed by atoms with Crippen molar-refractivity contribution < 1.29 is 18.7 Å². The zero-order valence-corrected chi connectivity index (χ0v) is 17.2. The second kappa shape index (κ2) is 10.2. The first-order valence-corrected chi connectivity index (χ1v) is 9.79. The number of ether oxygens (including phenoxy) is 2. The number of nitriles is 1. The maximum atomic E-state index is 14.0. The van der Waals surface area contributed by atoms with Crippen LogP contribution in [0.25, 0.3) is 0 Å². The van der Waals surface area contributed by atoms with Crippen LogP contribution in [0.15, 0.2) is 72.8 Å². The molecule has 0 aliphatic heterocycles. The molecule has 0 aliphatic carbocycles. The Labute approximate surface area is 180 Å². The SMILES string of the molecule is CC(C)C(Nc1ccccc1F)C(=O)OC(C#N)c1cccc(Oc2ccccc2)n1. The third-order valence-corrected chi connectivity index (χ3v) is 4.44. The number of hydrogen-bond donors (Lipinski definition) is 1. The number of hydrogen-bond acceptors (Lipinski definition) is 6. The Morgan fingerprint density at radius 3 is 2.42 bits per heavy atom. The lowest BCUT2D eigenvalue weighted by Crippen LogP contribution is -2.37. The Bertz CT molecular complexity index is 1070. The summed E-state index contributed by atoms with van der Waals surface area (Å²) in [5, 5.41) is 12.4. The molecule has 0 saturated heterocycles. The van der Waals surface area contributed by atoms with Gasteiger partial charge in [0.15, 0.2) is 0 Å². The van der Waals surface area contributed by atoms with Crippen molar-refractivity contribution in [1.82, 2.24) is 4.98 Å². The van der Waals surface area contributed by atoms with Crippen molar-refractivity contribution in [1.29, 1.82) is 5.26 Å². The van der Waals surface area contributed by atoms with Gasteiger partial charge in [-0.1, -0.05) is 50.2 Å². The highest BCUT2D eigenvalue weighted by atomic mass is 19.1. The van der Waals surface area contributed by atoms with Gasteiger partial charge in [0.2, 0.25) is 12.0 Å². The molecule has 2 aromatic carbocycles. The molecule has 3 aromatic rings. The summed E-state index contributed by atoms with van der Waals surface area (Å²) in [6.45, 7) is 3.60. The van der Waals surface area contributed by atoms with Gasteiger partial charge in [-0.05, 0) is 36.2 Å². The number of esters is 1. The maximum Gasteiger partial charge on any atom is 0.330 e. The number of aromatic nitrogens is 1.